The summed E-state index contributed by atoms with van der Waals surface area (Å²) in [5.41, 5.74) is 4.00. The molecule has 2 N–H and O–H groups in total. The summed E-state index contributed by atoms with van der Waals surface area (Å²) in [6.07, 6.45) is 0. The number of nitrogens with two attached hydrogens (primary N) is 1. The van der Waals surface area contributed by atoms with Crippen molar-refractivity contribution in [3.05, 3.63) is 0 Å². The maximum absolute atomic E-state index is 8.52. The van der Waals surface area contributed by atoms with E-state index in [1.165, 1.54) is 0 Å². The molecule has 0 aliphatic heterocycles. The summed E-state index contributed by atoms with van der Waals surface area (Å²) in [5.74, 6) is 0. The zero-order valence-electron chi connectivity index (χ0n) is 7.77. The van der Waals surface area contributed by atoms with Gasteiger partial charge in [0.15, 0.2) is 7.98 Å². The Labute approximate surface area is 146 Å². The van der Waals surface area contributed by atoms with Gasteiger partial charge in [0, 0.05) is 20.2 Å². The maximum atomic E-state index is 8.52. The summed E-state index contributed by atoms with van der Waals surface area (Å²) in [7, 11) is -1.17. The van der Waals surface area contributed by atoms with Crippen molar-refractivity contribution in [2.45, 2.75) is 7.43 Å². The van der Waals surface area contributed by atoms with Crippen LogP contribution in [0.2, 0.25) is 0 Å². The molecule has 0 aliphatic carbocycles. The van der Waals surface area contributed by atoms with Crippen molar-refractivity contribution < 1.29 is 109 Å². The zero-order chi connectivity index (χ0) is 6.50. The molecule has 0 amide bonds. The molecule has 11 heteroatoms. The van der Waals surface area contributed by atoms with E-state index in [1.807, 2.05) is 0 Å². The van der Waals surface area contributed by atoms with Gasteiger partial charge in [0.1, 0.15) is 0 Å². The van der Waals surface area contributed by atoms with Crippen LogP contribution in [0.3, 0.4) is 0 Å². The summed E-state index contributed by atoms with van der Waals surface area (Å²) in [6, 6.07) is 0. The van der Waals surface area contributed by atoms with Crippen LogP contribution in [-0.4, -0.2) is 33.9 Å². The first-order valence-electron chi connectivity index (χ1n) is 1.00. The molecule has 0 fully saturated rings. The van der Waals surface area contributed by atoms with Crippen LogP contribution < -0.4 is 94.3 Å². The summed E-state index contributed by atoms with van der Waals surface area (Å²) < 4.78 is 34.1. The van der Waals surface area contributed by atoms with Crippen LogP contribution >= 0.6 is 0 Å². The zero-order valence-corrected chi connectivity index (χ0v) is 13.6. The summed E-state index contributed by atoms with van der Waals surface area (Å²) in [4.78, 5) is 0. The predicted molar refractivity (Wildman–Crippen MR) is 36.1 cm³/mol. The standard InChI is InChI=1S/CH4.BH2N.B.3Na.H2O4S.H2.H/c;1-2;;;;;1-5(2,3)4;;/h1H4;2H2;;;;;(H2,1,2,3,4);1H;/q;;;3*+1;;;-1/p-2. The largest absolute Gasteiger partial charge is 1.00 e. The minimum Gasteiger partial charge on any atom is -1.00 e. The first-order valence-corrected chi connectivity index (χ1v) is 2.33. The second-order valence-electron chi connectivity index (χ2n) is 0.408. The number of hydrogen-bond donors (Lipinski definition) is 1. The van der Waals surface area contributed by atoms with Gasteiger partial charge in [0.2, 0.25) is 0 Å². The molecule has 0 heterocycles. The molecule has 5 radical (unpaired) electrons. The normalized spacial score (nSPS) is 5.25. The first kappa shape index (κ1) is 46.0. The van der Waals surface area contributed by atoms with Crippen molar-refractivity contribution in [2.24, 2.45) is 5.64 Å². The molecule has 0 saturated carbocycles. The topological polar surface area (TPSA) is 106 Å². The summed E-state index contributed by atoms with van der Waals surface area (Å²) in [6.45, 7) is 0. The molecule has 0 saturated heterocycles. The van der Waals surface area contributed by atoms with Crippen molar-refractivity contribution in [3.8, 4) is 0 Å². The Bertz CT molecular complexity index is 120. The third-order valence-electron chi connectivity index (χ3n) is 0. The Balaban J connectivity index is -0.00000000377. The fourth-order valence-corrected chi connectivity index (χ4v) is 0. The van der Waals surface area contributed by atoms with Gasteiger partial charge >= 0.3 is 88.7 Å². The van der Waals surface area contributed by atoms with Gasteiger partial charge in [-0.15, -0.1) is 0 Å². The van der Waals surface area contributed by atoms with E-state index < -0.39 is 10.4 Å². The molecule has 0 spiro atoms. The smallest absolute Gasteiger partial charge is 1.00 e. The van der Waals surface area contributed by atoms with Gasteiger partial charge in [-0.3, -0.25) is 8.42 Å². The minimum atomic E-state index is -5.17. The van der Waals surface area contributed by atoms with Crippen LogP contribution in [0.4, 0.5) is 0 Å². The fraction of sp³-hybridized carbons (Fsp3) is 1.00. The molecule has 0 aromatic heterocycles. The molecule has 0 aromatic rings. The molecular weight excluding hydrogens is 213 g/mol. The Hall–Kier alpha value is 2.96. The van der Waals surface area contributed by atoms with Gasteiger partial charge in [0.25, 0.3) is 0 Å². The summed E-state index contributed by atoms with van der Waals surface area (Å²) >= 11 is 0. The molecule has 0 aromatic carbocycles. The summed E-state index contributed by atoms with van der Waals surface area (Å²) in [5, 5.41) is 0. The molecule has 12 heavy (non-hydrogen) atoms. The van der Waals surface area contributed by atoms with Crippen molar-refractivity contribution in [3.63, 3.8) is 0 Å². The van der Waals surface area contributed by atoms with E-state index >= 15 is 0 Å². The Morgan fingerprint density at radius 1 is 1.17 bits per heavy atom. The van der Waals surface area contributed by atoms with E-state index in [-0.39, 0.29) is 107 Å². The number of hydrogen-bond acceptors (Lipinski definition) is 5. The van der Waals surface area contributed by atoms with Crippen molar-refractivity contribution >= 4 is 26.8 Å². The molecular formula is CH9B2NNa3O4S. The second kappa shape index (κ2) is 29.2. The number of rotatable bonds is 0. The van der Waals surface area contributed by atoms with E-state index in [9.17, 15) is 0 Å². The second-order valence-corrected chi connectivity index (χ2v) is 1.22. The van der Waals surface area contributed by atoms with Gasteiger partial charge in [-0.2, -0.15) is 0 Å². The molecule has 0 rings (SSSR count). The van der Waals surface area contributed by atoms with Crippen LogP contribution in [0.15, 0.2) is 0 Å². The van der Waals surface area contributed by atoms with E-state index in [1.54, 1.807) is 0 Å². The maximum Gasteiger partial charge on any atom is 1.00 e. The fourth-order valence-electron chi connectivity index (χ4n) is 0. The van der Waals surface area contributed by atoms with Crippen molar-refractivity contribution in [2.75, 3.05) is 0 Å². The molecule has 0 aliphatic rings. The SMILES string of the molecule is C.O=S(=O)([O-])[O-].[B].[B]N.[H-].[HH].[Na+].[Na+].[Na+]. The first-order chi connectivity index (χ1) is 3.00. The van der Waals surface area contributed by atoms with Crippen LogP contribution in [0.5, 0.6) is 0 Å². The van der Waals surface area contributed by atoms with Crippen LogP contribution in [0.1, 0.15) is 10.3 Å². The average molecular weight is 222 g/mol. The Kier molecular flexibility index (Phi) is 112. The molecule has 0 atom stereocenters. The van der Waals surface area contributed by atoms with E-state index in [0.717, 1.165) is 0 Å². The third-order valence-corrected chi connectivity index (χ3v) is 0. The van der Waals surface area contributed by atoms with Gasteiger partial charge in [-0.25, -0.2) is 0 Å². The average Bonchev–Trinajstić information content (AvgIpc) is 1.36. The van der Waals surface area contributed by atoms with E-state index in [4.69, 9.17) is 17.5 Å². The van der Waals surface area contributed by atoms with Crippen LogP contribution in [0, 0.1) is 0 Å². The van der Waals surface area contributed by atoms with Gasteiger partial charge in [0.05, 0.1) is 0 Å². The van der Waals surface area contributed by atoms with Crippen LogP contribution in [-0.2, 0) is 10.4 Å². The quantitative estimate of drug-likeness (QED) is 0.248. The van der Waals surface area contributed by atoms with Crippen LogP contribution in [0.25, 0.3) is 0 Å². The Morgan fingerprint density at radius 2 is 1.17 bits per heavy atom. The van der Waals surface area contributed by atoms with Gasteiger partial charge in [-0.1, -0.05) is 7.43 Å². The molecule has 57 valence electrons. The van der Waals surface area contributed by atoms with Gasteiger partial charge < -0.3 is 16.2 Å². The molecule has 5 nitrogen and oxygen atoms in total. The molecule has 0 bridgehead atoms. The van der Waals surface area contributed by atoms with E-state index in [2.05, 4.69) is 13.6 Å². The molecule has 0 unspecified atom stereocenters. The third kappa shape index (κ3) is 212. The Morgan fingerprint density at radius 3 is 1.17 bits per heavy atom. The van der Waals surface area contributed by atoms with Gasteiger partial charge in [-0.05, 0) is 0 Å². The monoisotopic (exact) mass is 222 g/mol. The van der Waals surface area contributed by atoms with Crippen molar-refractivity contribution in [1.29, 1.82) is 0 Å². The predicted octanol–water partition coefficient (Wildman–Crippen LogP) is -10.7. The van der Waals surface area contributed by atoms with E-state index in [0.29, 0.717) is 0 Å². The minimum absolute atomic E-state index is 0. The van der Waals surface area contributed by atoms with Crippen molar-refractivity contribution in [1.82, 2.24) is 0 Å².